The summed E-state index contributed by atoms with van der Waals surface area (Å²) in [5.41, 5.74) is 0.558. The third-order valence-electron chi connectivity index (χ3n) is 3.48. The summed E-state index contributed by atoms with van der Waals surface area (Å²) in [7, 11) is 0. The minimum atomic E-state index is 0.558. The zero-order valence-electron chi connectivity index (χ0n) is 9.75. The quantitative estimate of drug-likeness (QED) is 0.822. The highest BCUT2D eigenvalue weighted by molar-refractivity contribution is 4.98. The topological polar surface area (TPSA) is 25.2 Å². The smallest absolute Gasteiger partial charge is 0.117 e. The van der Waals surface area contributed by atoms with Crippen LogP contribution in [0.25, 0.3) is 0 Å². The molecular weight excluding hydrogens is 186 g/mol. The van der Waals surface area contributed by atoms with E-state index in [1.165, 1.54) is 25.7 Å². The van der Waals surface area contributed by atoms with Gasteiger partial charge in [-0.15, -0.1) is 0 Å². The van der Waals surface area contributed by atoms with Crippen LogP contribution in [0.5, 0.6) is 0 Å². The molecule has 0 atom stereocenters. The van der Waals surface area contributed by atoms with Gasteiger partial charge in [0.25, 0.3) is 0 Å². The molecule has 0 aromatic carbocycles. The Bertz CT molecular complexity index is 279. The molecule has 0 bridgehead atoms. The zero-order valence-corrected chi connectivity index (χ0v) is 9.75. The lowest BCUT2D eigenvalue weighted by Gasteiger charge is -2.34. The lowest BCUT2D eigenvalue weighted by molar-refractivity contribution is 0.204. The van der Waals surface area contributed by atoms with Crippen molar-refractivity contribution in [2.24, 2.45) is 5.41 Å². The van der Waals surface area contributed by atoms with Crippen molar-refractivity contribution in [2.75, 3.05) is 0 Å². The van der Waals surface area contributed by atoms with Crippen LogP contribution >= 0.6 is 0 Å². The predicted molar refractivity (Wildman–Crippen MR) is 61.6 cm³/mol. The van der Waals surface area contributed by atoms with Crippen LogP contribution < -0.4 is 5.32 Å². The second-order valence-electron chi connectivity index (χ2n) is 5.40. The van der Waals surface area contributed by atoms with Gasteiger partial charge in [-0.05, 0) is 43.2 Å². The van der Waals surface area contributed by atoms with E-state index in [9.17, 15) is 0 Å². The van der Waals surface area contributed by atoms with Crippen LogP contribution in [0, 0.1) is 5.41 Å². The van der Waals surface area contributed by atoms with E-state index in [0.29, 0.717) is 11.5 Å². The predicted octanol–water partition coefficient (Wildman–Crippen LogP) is 3.34. The highest BCUT2D eigenvalue weighted by Gasteiger charge is 2.26. The third kappa shape index (κ3) is 3.10. The van der Waals surface area contributed by atoms with Gasteiger partial charge >= 0.3 is 0 Å². The van der Waals surface area contributed by atoms with Gasteiger partial charge in [0.1, 0.15) is 5.76 Å². The van der Waals surface area contributed by atoms with Gasteiger partial charge in [-0.1, -0.05) is 13.8 Å². The van der Waals surface area contributed by atoms with E-state index in [-0.39, 0.29) is 0 Å². The van der Waals surface area contributed by atoms with Crippen molar-refractivity contribution < 1.29 is 4.42 Å². The zero-order chi connectivity index (χ0) is 10.7. The van der Waals surface area contributed by atoms with E-state index >= 15 is 0 Å². The highest BCUT2D eigenvalue weighted by atomic mass is 16.3. The summed E-state index contributed by atoms with van der Waals surface area (Å²) in [6.07, 6.45) is 7.01. The van der Waals surface area contributed by atoms with E-state index in [1.54, 1.807) is 6.26 Å². The first kappa shape index (κ1) is 10.7. The van der Waals surface area contributed by atoms with Crippen LogP contribution in [-0.4, -0.2) is 6.04 Å². The minimum absolute atomic E-state index is 0.558. The summed E-state index contributed by atoms with van der Waals surface area (Å²) in [6.45, 7) is 5.61. The molecule has 1 aromatic rings. The van der Waals surface area contributed by atoms with Gasteiger partial charge < -0.3 is 9.73 Å². The maximum Gasteiger partial charge on any atom is 0.117 e. The van der Waals surface area contributed by atoms with Crippen LogP contribution in [0.4, 0.5) is 0 Å². The molecule has 1 heterocycles. The van der Waals surface area contributed by atoms with Crippen LogP contribution in [-0.2, 0) is 6.54 Å². The fraction of sp³-hybridized carbons (Fsp3) is 0.692. The van der Waals surface area contributed by atoms with Gasteiger partial charge in [0.05, 0.1) is 12.8 Å². The summed E-state index contributed by atoms with van der Waals surface area (Å²) in [5.74, 6) is 1.04. The lowest BCUT2D eigenvalue weighted by atomic mass is 9.75. The fourth-order valence-electron chi connectivity index (χ4n) is 2.26. The average Bonchev–Trinajstić information content (AvgIpc) is 2.69. The SMILES string of the molecule is CC1(C)CCC(NCc2ccco2)CC1. The Hall–Kier alpha value is -0.760. The molecule has 1 aromatic heterocycles. The first-order valence-electron chi connectivity index (χ1n) is 5.91. The molecule has 1 fully saturated rings. The van der Waals surface area contributed by atoms with Crippen LogP contribution in [0.2, 0.25) is 0 Å². The normalized spacial score (nSPS) is 21.7. The standard InChI is InChI=1S/C13H21NO/c1-13(2)7-5-11(6-8-13)14-10-12-4-3-9-15-12/h3-4,9,11,14H,5-8,10H2,1-2H3. The lowest BCUT2D eigenvalue weighted by Crippen LogP contribution is -2.35. The van der Waals surface area contributed by atoms with E-state index in [1.807, 2.05) is 12.1 Å². The van der Waals surface area contributed by atoms with Crippen molar-refractivity contribution in [1.82, 2.24) is 5.32 Å². The minimum Gasteiger partial charge on any atom is -0.468 e. The molecule has 84 valence electrons. The molecule has 1 N–H and O–H groups in total. The number of furan rings is 1. The summed E-state index contributed by atoms with van der Waals surface area (Å²) in [5, 5.41) is 3.57. The molecule has 1 aliphatic carbocycles. The molecule has 2 rings (SSSR count). The summed E-state index contributed by atoms with van der Waals surface area (Å²) in [4.78, 5) is 0. The van der Waals surface area contributed by atoms with Crippen molar-refractivity contribution >= 4 is 0 Å². The monoisotopic (exact) mass is 207 g/mol. The Morgan fingerprint density at radius 2 is 2.13 bits per heavy atom. The fourth-order valence-corrected chi connectivity index (χ4v) is 2.26. The van der Waals surface area contributed by atoms with E-state index in [0.717, 1.165) is 12.3 Å². The van der Waals surface area contributed by atoms with Crippen LogP contribution in [0.3, 0.4) is 0 Å². The molecule has 0 saturated heterocycles. The van der Waals surface area contributed by atoms with Crippen molar-refractivity contribution in [3.05, 3.63) is 24.2 Å². The maximum atomic E-state index is 5.30. The molecule has 2 heteroatoms. The van der Waals surface area contributed by atoms with Crippen molar-refractivity contribution in [3.63, 3.8) is 0 Å². The molecule has 0 aliphatic heterocycles. The highest BCUT2D eigenvalue weighted by Crippen LogP contribution is 2.34. The van der Waals surface area contributed by atoms with Gasteiger partial charge in [0.2, 0.25) is 0 Å². The maximum absolute atomic E-state index is 5.30. The van der Waals surface area contributed by atoms with E-state index in [2.05, 4.69) is 19.2 Å². The van der Waals surface area contributed by atoms with Crippen molar-refractivity contribution in [1.29, 1.82) is 0 Å². The molecule has 1 aliphatic rings. The Balaban J connectivity index is 1.73. The second-order valence-corrected chi connectivity index (χ2v) is 5.40. The molecule has 0 radical (unpaired) electrons. The van der Waals surface area contributed by atoms with E-state index in [4.69, 9.17) is 4.42 Å². The van der Waals surface area contributed by atoms with Gasteiger partial charge in [-0.3, -0.25) is 0 Å². The number of hydrogen-bond donors (Lipinski definition) is 1. The van der Waals surface area contributed by atoms with Crippen molar-refractivity contribution in [3.8, 4) is 0 Å². The molecule has 2 nitrogen and oxygen atoms in total. The average molecular weight is 207 g/mol. The number of hydrogen-bond acceptors (Lipinski definition) is 2. The van der Waals surface area contributed by atoms with Gasteiger partial charge in [0, 0.05) is 6.04 Å². The molecule has 1 saturated carbocycles. The summed E-state index contributed by atoms with van der Waals surface area (Å²) >= 11 is 0. The first-order valence-corrected chi connectivity index (χ1v) is 5.91. The molecule has 15 heavy (non-hydrogen) atoms. The molecular formula is C13H21NO. The Morgan fingerprint density at radius 1 is 1.40 bits per heavy atom. The van der Waals surface area contributed by atoms with E-state index < -0.39 is 0 Å². The first-order chi connectivity index (χ1) is 7.16. The van der Waals surface area contributed by atoms with Crippen molar-refractivity contribution in [2.45, 2.75) is 52.1 Å². The van der Waals surface area contributed by atoms with Crippen LogP contribution in [0.1, 0.15) is 45.3 Å². The molecule has 0 unspecified atom stereocenters. The summed E-state index contributed by atoms with van der Waals surface area (Å²) < 4.78 is 5.30. The van der Waals surface area contributed by atoms with Gasteiger partial charge in [-0.25, -0.2) is 0 Å². The Kier molecular flexibility index (Phi) is 3.15. The largest absolute Gasteiger partial charge is 0.468 e. The summed E-state index contributed by atoms with van der Waals surface area (Å²) in [6, 6.07) is 4.66. The molecule has 0 amide bonds. The Morgan fingerprint density at radius 3 is 2.73 bits per heavy atom. The third-order valence-corrected chi connectivity index (χ3v) is 3.48. The van der Waals surface area contributed by atoms with Gasteiger partial charge in [0.15, 0.2) is 0 Å². The second kappa shape index (κ2) is 4.40. The number of nitrogens with one attached hydrogen (secondary N) is 1. The number of rotatable bonds is 3. The molecule has 0 spiro atoms. The van der Waals surface area contributed by atoms with Crippen LogP contribution in [0.15, 0.2) is 22.8 Å². The Labute approximate surface area is 92.1 Å². The van der Waals surface area contributed by atoms with Gasteiger partial charge in [-0.2, -0.15) is 0 Å².